The number of amides is 2. The van der Waals surface area contributed by atoms with E-state index in [9.17, 15) is 27.9 Å². The number of nitrogens with one attached hydrogen (secondary N) is 2. The Morgan fingerprint density at radius 1 is 1.09 bits per heavy atom. The normalized spacial score (nSPS) is 16.4. The van der Waals surface area contributed by atoms with Crippen molar-refractivity contribution in [2.45, 2.75) is 108 Å². The Morgan fingerprint density at radius 3 is 2.33 bits per heavy atom. The van der Waals surface area contributed by atoms with Gasteiger partial charge in [-0.25, -0.2) is 22.2 Å². The maximum Gasteiger partial charge on any atom is 0.412 e. The molecule has 0 aliphatic heterocycles. The Bertz CT molecular complexity index is 1380. The fraction of sp³-hybridized carbons (Fsp3) is 0.613. The van der Waals surface area contributed by atoms with Gasteiger partial charge in [0.15, 0.2) is 5.78 Å². The van der Waals surface area contributed by atoms with Gasteiger partial charge >= 0.3 is 12.1 Å². The van der Waals surface area contributed by atoms with E-state index in [-0.39, 0.29) is 35.1 Å². The zero-order chi connectivity index (χ0) is 33.2. The van der Waals surface area contributed by atoms with Crippen LogP contribution in [0.5, 0.6) is 0 Å². The van der Waals surface area contributed by atoms with Crippen LogP contribution in [0.25, 0.3) is 0 Å². The highest BCUT2D eigenvalue weighted by Crippen LogP contribution is 2.28. The first-order valence-electron chi connectivity index (χ1n) is 15.3. The number of carbonyl (C=O) groups is 3. The summed E-state index contributed by atoms with van der Waals surface area (Å²) >= 11 is 0. The second kappa shape index (κ2) is 16.3. The number of imidazole rings is 1. The molecule has 3 N–H and O–H groups in total. The summed E-state index contributed by atoms with van der Waals surface area (Å²) in [5.74, 6) is -2.61. The van der Waals surface area contributed by atoms with Crippen LogP contribution in [-0.4, -0.2) is 78.6 Å². The monoisotopic (exact) mass is 650 g/mol. The molecule has 0 saturated heterocycles. The second-order valence-corrected chi connectivity index (χ2v) is 13.4. The number of benzene rings is 1. The molecule has 250 valence electrons. The van der Waals surface area contributed by atoms with Crippen LogP contribution in [0.1, 0.15) is 76.5 Å². The van der Waals surface area contributed by atoms with Gasteiger partial charge in [0.25, 0.3) is 10.0 Å². The molecule has 14 heteroatoms. The van der Waals surface area contributed by atoms with Crippen molar-refractivity contribution in [2.24, 2.45) is 5.92 Å². The van der Waals surface area contributed by atoms with Gasteiger partial charge in [-0.3, -0.25) is 9.59 Å². The van der Waals surface area contributed by atoms with E-state index < -0.39 is 46.2 Å². The lowest BCUT2D eigenvalue weighted by molar-refractivity contribution is -0.322. The van der Waals surface area contributed by atoms with Crippen LogP contribution in [-0.2, 0) is 40.2 Å². The van der Waals surface area contributed by atoms with E-state index in [0.717, 1.165) is 48.0 Å². The Labute approximate surface area is 265 Å². The highest BCUT2D eigenvalue weighted by atomic mass is 32.2. The number of Topliss-reactive ketones (excluding diaryl/α,β-unsaturated/α-hetero) is 1. The van der Waals surface area contributed by atoms with Gasteiger partial charge in [0, 0.05) is 40.2 Å². The lowest BCUT2D eigenvalue weighted by Crippen LogP contribution is -2.56. The maximum absolute atomic E-state index is 13.8. The van der Waals surface area contributed by atoms with E-state index in [4.69, 9.17) is 14.2 Å². The summed E-state index contributed by atoms with van der Waals surface area (Å²) in [7, 11) is -1.43. The number of aromatic nitrogens is 2. The molecule has 1 aliphatic rings. The van der Waals surface area contributed by atoms with Crippen LogP contribution in [0, 0.1) is 12.8 Å². The van der Waals surface area contributed by atoms with Gasteiger partial charge in [0.1, 0.15) is 18.5 Å². The molecule has 1 unspecified atom stereocenters. The van der Waals surface area contributed by atoms with Gasteiger partial charge in [-0.1, -0.05) is 56.7 Å². The van der Waals surface area contributed by atoms with Crippen LogP contribution in [0.4, 0.5) is 4.79 Å². The molecule has 3 atom stereocenters. The molecule has 13 nitrogen and oxygen atoms in total. The summed E-state index contributed by atoms with van der Waals surface area (Å²) in [6.07, 6.45) is 5.80. The Morgan fingerprint density at radius 2 is 1.73 bits per heavy atom. The van der Waals surface area contributed by atoms with E-state index in [1.165, 1.54) is 39.5 Å². The summed E-state index contributed by atoms with van der Waals surface area (Å²) in [5.41, 5.74) is 1.08. The van der Waals surface area contributed by atoms with Gasteiger partial charge < -0.3 is 30.0 Å². The molecule has 1 aliphatic carbocycles. The minimum atomic E-state index is -3.97. The first-order valence-corrected chi connectivity index (χ1v) is 16.7. The average molecular weight is 651 g/mol. The van der Waals surface area contributed by atoms with Crippen LogP contribution >= 0.6 is 0 Å². The average Bonchev–Trinajstić information content (AvgIpc) is 3.50. The van der Waals surface area contributed by atoms with Gasteiger partial charge in [-0.15, -0.1) is 0 Å². The first kappa shape index (κ1) is 36.1. The zero-order valence-electron chi connectivity index (χ0n) is 26.7. The lowest BCUT2D eigenvalue weighted by Gasteiger charge is -2.31. The van der Waals surface area contributed by atoms with Crippen molar-refractivity contribution < 1.29 is 42.1 Å². The number of carbonyl (C=O) groups excluding carboxylic acids is 3. The molecule has 0 spiro atoms. The zero-order valence-corrected chi connectivity index (χ0v) is 27.5. The fourth-order valence-corrected chi connectivity index (χ4v) is 6.44. The van der Waals surface area contributed by atoms with Crippen LogP contribution in [0.3, 0.4) is 0 Å². The van der Waals surface area contributed by atoms with Gasteiger partial charge in [-0.2, -0.15) is 0 Å². The largest absolute Gasteiger partial charge is 0.412 e. The number of methoxy groups -OCH3 is 2. The number of ether oxygens (including phenoxy) is 3. The molecule has 1 fully saturated rings. The van der Waals surface area contributed by atoms with Crippen LogP contribution in [0.2, 0.25) is 0 Å². The molecular formula is C31H46N4O9S. The number of hydrogen-bond acceptors (Lipinski definition) is 10. The van der Waals surface area contributed by atoms with E-state index in [1.54, 1.807) is 12.1 Å². The third-order valence-electron chi connectivity index (χ3n) is 8.10. The molecule has 1 heterocycles. The number of aliphatic hydroxyl groups excluding tert-OH is 1. The standard InChI is InChI=1S/C31H46N4O9S/c1-6-10-27(36)28(37)25(17-22-11-8-7-9-12-22)33-29(38)26(34-30(39)44-31(3,42-4)43-5)18-23-19-35(20-32-23)45(40,41)24-15-13-21(2)14-16-24/h13-16,19-20,22,25-26,28,37H,6-12,17-18H2,1-5H3,(H,33,38)(H,34,39)/t25-,26-,28?/m0/s1. The molecule has 1 aromatic heterocycles. The molecule has 2 amide bonds. The number of aryl methyl sites for hydroxylation is 1. The van der Waals surface area contributed by atoms with Gasteiger partial charge in [0.05, 0.1) is 16.6 Å². The summed E-state index contributed by atoms with van der Waals surface area (Å²) in [5, 5.41) is 16.3. The van der Waals surface area contributed by atoms with Crippen molar-refractivity contribution in [1.82, 2.24) is 19.6 Å². The van der Waals surface area contributed by atoms with Crippen molar-refractivity contribution in [3.05, 3.63) is 48.0 Å². The van der Waals surface area contributed by atoms with Gasteiger partial charge in [0.2, 0.25) is 5.91 Å². The van der Waals surface area contributed by atoms with Crippen molar-refractivity contribution in [3.63, 3.8) is 0 Å². The topological polar surface area (TPSA) is 175 Å². The van der Waals surface area contributed by atoms with Crippen molar-refractivity contribution in [3.8, 4) is 0 Å². The molecule has 2 aromatic rings. The molecule has 3 rings (SSSR count). The predicted octanol–water partition coefficient (Wildman–Crippen LogP) is 3.22. The van der Waals surface area contributed by atoms with E-state index in [2.05, 4.69) is 15.6 Å². The minimum absolute atomic E-state index is 0.0581. The predicted molar refractivity (Wildman–Crippen MR) is 165 cm³/mol. The number of alkyl carbamates (subject to hydrolysis) is 1. The van der Waals surface area contributed by atoms with Crippen LogP contribution in [0.15, 0.2) is 41.7 Å². The number of aliphatic hydroxyl groups is 1. The van der Waals surface area contributed by atoms with E-state index in [0.29, 0.717) is 12.8 Å². The summed E-state index contributed by atoms with van der Waals surface area (Å²) in [4.78, 5) is 43.6. The second-order valence-electron chi connectivity index (χ2n) is 11.6. The summed E-state index contributed by atoms with van der Waals surface area (Å²) in [6, 6.07) is 4.11. The summed E-state index contributed by atoms with van der Waals surface area (Å²) in [6.45, 7) is 5.03. The third kappa shape index (κ3) is 10.1. The Hall–Kier alpha value is -3.33. The van der Waals surface area contributed by atoms with Crippen LogP contribution < -0.4 is 10.6 Å². The Kier molecular flexibility index (Phi) is 13.1. The molecule has 45 heavy (non-hydrogen) atoms. The highest BCUT2D eigenvalue weighted by molar-refractivity contribution is 7.90. The molecule has 1 aromatic carbocycles. The van der Waals surface area contributed by atoms with E-state index >= 15 is 0 Å². The number of nitrogens with zero attached hydrogens (tertiary/aromatic N) is 2. The fourth-order valence-electron chi connectivity index (χ4n) is 5.29. The minimum Gasteiger partial charge on any atom is -0.392 e. The number of hydrogen-bond donors (Lipinski definition) is 3. The molecule has 0 radical (unpaired) electrons. The molecule has 0 bridgehead atoms. The van der Waals surface area contributed by atoms with E-state index in [1.807, 2.05) is 13.8 Å². The lowest BCUT2D eigenvalue weighted by atomic mass is 9.83. The molecule has 1 saturated carbocycles. The Balaban J connectivity index is 1.87. The maximum atomic E-state index is 13.8. The summed E-state index contributed by atoms with van der Waals surface area (Å²) < 4.78 is 42.7. The van der Waals surface area contributed by atoms with Crippen molar-refractivity contribution in [1.29, 1.82) is 0 Å². The van der Waals surface area contributed by atoms with Gasteiger partial charge in [-0.05, 0) is 37.8 Å². The third-order valence-corrected chi connectivity index (χ3v) is 9.72. The quantitative estimate of drug-likeness (QED) is 0.229. The first-order chi connectivity index (χ1) is 21.3. The molecular weight excluding hydrogens is 604 g/mol. The number of rotatable bonds is 16. The van der Waals surface area contributed by atoms with Crippen molar-refractivity contribution >= 4 is 27.8 Å². The smallest absolute Gasteiger partial charge is 0.392 e. The number of ketones is 1. The SMILES string of the molecule is CCCC(=O)C(O)[C@H](CC1CCCCC1)NC(=O)[C@H](Cc1cn(S(=O)(=O)c2ccc(C)cc2)cn1)NC(=O)OC(C)(OC)OC. The highest BCUT2D eigenvalue weighted by Gasteiger charge is 2.35. The van der Waals surface area contributed by atoms with Crippen molar-refractivity contribution in [2.75, 3.05) is 14.2 Å².